The molecule has 0 atom stereocenters. The van der Waals surface area contributed by atoms with Crippen LogP contribution in [0, 0.1) is 23.0 Å². The third-order valence-corrected chi connectivity index (χ3v) is 2.94. The minimum absolute atomic E-state index is 0.117. The van der Waals surface area contributed by atoms with Gasteiger partial charge in [-0.25, -0.2) is 8.78 Å². The maximum absolute atomic E-state index is 14.1. The lowest BCUT2D eigenvalue weighted by Crippen LogP contribution is -2.32. The Morgan fingerprint density at radius 1 is 1.05 bits per heavy atom. The largest absolute Gasteiger partial charge is 0.380 e. The summed E-state index contributed by atoms with van der Waals surface area (Å²) in [6.45, 7) is 6.51. The van der Waals surface area contributed by atoms with Crippen molar-refractivity contribution in [2.45, 2.75) is 13.8 Å². The maximum atomic E-state index is 14.1. The van der Waals surface area contributed by atoms with E-state index in [9.17, 15) is 8.78 Å². The van der Waals surface area contributed by atoms with Crippen molar-refractivity contribution in [3.8, 4) is 6.07 Å². The number of anilines is 1. The molecule has 0 heterocycles. The Bertz CT molecular complexity index is 479. The van der Waals surface area contributed by atoms with Crippen molar-refractivity contribution >= 4 is 5.69 Å². The Hall–Kier alpha value is -1.71. The molecule has 0 bridgehead atoms. The Kier molecular flexibility index (Phi) is 7.65. The molecule has 0 amide bonds. The van der Waals surface area contributed by atoms with E-state index in [1.807, 2.05) is 13.8 Å². The van der Waals surface area contributed by atoms with E-state index in [0.29, 0.717) is 39.5 Å². The fraction of sp³-hybridized carbons (Fsp3) is 0.533. The van der Waals surface area contributed by atoms with Crippen molar-refractivity contribution in [3.05, 3.63) is 29.3 Å². The zero-order valence-corrected chi connectivity index (χ0v) is 12.4. The number of ether oxygens (including phenoxy) is 2. The van der Waals surface area contributed by atoms with Crippen LogP contribution in [0.5, 0.6) is 0 Å². The van der Waals surface area contributed by atoms with Crippen molar-refractivity contribution in [2.24, 2.45) is 0 Å². The summed E-state index contributed by atoms with van der Waals surface area (Å²) in [6, 6.07) is 4.32. The van der Waals surface area contributed by atoms with Crippen LogP contribution in [0.25, 0.3) is 0 Å². The van der Waals surface area contributed by atoms with Gasteiger partial charge in [0, 0.05) is 26.3 Å². The van der Waals surface area contributed by atoms with Gasteiger partial charge in [0.1, 0.15) is 6.07 Å². The smallest absolute Gasteiger partial charge is 0.183 e. The normalized spacial score (nSPS) is 10.4. The molecule has 0 aliphatic heterocycles. The molecule has 0 unspecified atom stereocenters. The number of hydrogen-bond donors (Lipinski definition) is 0. The molecule has 0 aromatic heterocycles. The van der Waals surface area contributed by atoms with E-state index in [1.165, 1.54) is 12.1 Å². The van der Waals surface area contributed by atoms with E-state index < -0.39 is 11.6 Å². The number of halogens is 2. The van der Waals surface area contributed by atoms with Crippen molar-refractivity contribution in [1.82, 2.24) is 0 Å². The average molecular weight is 298 g/mol. The zero-order chi connectivity index (χ0) is 15.7. The summed E-state index contributed by atoms with van der Waals surface area (Å²) in [7, 11) is 0. The molecule has 0 radical (unpaired) electrons. The van der Waals surface area contributed by atoms with Gasteiger partial charge in [-0.2, -0.15) is 5.26 Å². The lowest BCUT2D eigenvalue weighted by atomic mass is 10.2. The number of hydrogen-bond acceptors (Lipinski definition) is 4. The van der Waals surface area contributed by atoms with Gasteiger partial charge in [-0.3, -0.25) is 0 Å². The van der Waals surface area contributed by atoms with Gasteiger partial charge in [-0.15, -0.1) is 0 Å². The highest BCUT2D eigenvalue weighted by atomic mass is 19.2. The van der Waals surface area contributed by atoms with Crippen LogP contribution in [0.1, 0.15) is 19.4 Å². The first-order valence-electron chi connectivity index (χ1n) is 6.94. The fourth-order valence-corrected chi connectivity index (χ4v) is 1.86. The first kappa shape index (κ1) is 17.3. The standard InChI is InChI=1S/C15H20F2N2O2/c1-3-20-9-7-19(8-10-21-4-2)13-6-5-12(11-18)14(16)15(13)17/h5-6H,3-4,7-10H2,1-2H3. The molecule has 1 aromatic rings. The molecule has 0 spiro atoms. The molecule has 4 nitrogen and oxygen atoms in total. The highest BCUT2D eigenvalue weighted by Gasteiger charge is 2.18. The van der Waals surface area contributed by atoms with E-state index in [-0.39, 0.29) is 11.3 Å². The van der Waals surface area contributed by atoms with Crippen molar-refractivity contribution in [2.75, 3.05) is 44.4 Å². The summed E-state index contributed by atoms with van der Waals surface area (Å²) in [5, 5.41) is 8.71. The molecule has 0 N–H and O–H groups in total. The van der Waals surface area contributed by atoms with Gasteiger partial charge in [0.15, 0.2) is 11.6 Å². The molecular weight excluding hydrogens is 278 g/mol. The van der Waals surface area contributed by atoms with E-state index >= 15 is 0 Å². The van der Waals surface area contributed by atoms with E-state index in [0.717, 1.165) is 0 Å². The average Bonchev–Trinajstić information content (AvgIpc) is 2.49. The van der Waals surface area contributed by atoms with E-state index in [4.69, 9.17) is 14.7 Å². The number of rotatable bonds is 9. The van der Waals surface area contributed by atoms with Crippen molar-refractivity contribution < 1.29 is 18.3 Å². The van der Waals surface area contributed by atoms with E-state index in [2.05, 4.69) is 0 Å². The number of nitriles is 1. The zero-order valence-electron chi connectivity index (χ0n) is 12.4. The van der Waals surface area contributed by atoms with Crippen LogP contribution in [0.4, 0.5) is 14.5 Å². The number of benzene rings is 1. The van der Waals surface area contributed by atoms with Gasteiger partial charge in [0.05, 0.1) is 24.5 Å². The minimum atomic E-state index is -1.12. The van der Waals surface area contributed by atoms with Crippen LogP contribution in [-0.2, 0) is 9.47 Å². The van der Waals surface area contributed by atoms with E-state index in [1.54, 1.807) is 11.0 Å². The van der Waals surface area contributed by atoms with Gasteiger partial charge in [-0.05, 0) is 26.0 Å². The van der Waals surface area contributed by atoms with Gasteiger partial charge in [0.2, 0.25) is 0 Å². The lowest BCUT2D eigenvalue weighted by molar-refractivity contribution is 0.141. The molecule has 0 saturated carbocycles. The molecule has 6 heteroatoms. The van der Waals surface area contributed by atoms with Crippen LogP contribution >= 0.6 is 0 Å². The third-order valence-electron chi connectivity index (χ3n) is 2.94. The molecular formula is C15H20F2N2O2. The molecule has 0 saturated heterocycles. The Labute approximate surface area is 123 Å². The van der Waals surface area contributed by atoms with Crippen LogP contribution in [0.15, 0.2) is 12.1 Å². The third kappa shape index (κ3) is 4.96. The predicted molar refractivity (Wildman–Crippen MR) is 76.3 cm³/mol. The summed E-state index contributed by atoms with van der Waals surface area (Å²) >= 11 is 0. The Balaban J connectivity index is 2.90. The second kappa shape index (κ2) is 9.27. The molecule has 21 heavy (non-hydrogen) atoms. The Morgan fingerprint density at radius 3 is 2.10 bits per heavy atom. The first-order valence-corrected chi connectivity index (χ1v) is 6.94. The maximum Gasteiger partial charge on any atom is 0.183 e. The summed E-state index contributed by atoms with van der Waals surface area (Å²) in [5.41, 5.74) is -0.184. The van der Waals surface area contributed by atoms with Gasteiger partial charge in [-0.1, -0.05) is 0 Å². The van der Waals surface area contributed by atoms with Crippen molar-refractivity contribution in [1.29, 1.82) is 5.26 Å². The Morgan fingerprint density at radius 2 is 1.62 bits per heavy atom. The molecule has 116 valence electrons. The highest BCUT2D eigenvalue weighted by molar-refractivity contribution is 5.52. The highest BCUT2D eigenvalue weighted by Crippen LogP contribution is 2.23. The van der Waals surface area contributed by atoms with Crippen LogP contribution in [0.2, 0.25) is 0 Å². The van der Waals surface area contributed by atoms with Gasteiger partial charge in [0.25, 0.3) is 0 Å². The quantitative estimate of drug-likeness (QED) is 0.658. The van der Waals surface area contributed by atoms with Gasteiger partial charge >= 0.3 is 0 Å². The minimum Gasteiger partial charge on any atom is -0.380 e. The molecule has 0 aliphatic carbocycles. The summed E-state index contributed by atoms with van der Waals surface area (Å²) in [5.74, 6) is -2.13. The van der Waals surface area contributed by atoms with Gasteiger partial charge < -0.3 is 14.4 Å². The van der Waals surface area contributed by atoms with Crippen molar-refractivity contribution in [3.63, 3.8) is 0 Å². The predicted octanol–water partition coefficient (Wildman–Crippen LogP) is 2.72. The molecule has 0 fully saturated rings. The fourth-order valence-electron chi connectivity index (χ4n) is 1.86. The second-order valence-electron chi connectivity index (χ2n) is 4.25. The molecule has 0 aliphatic rings. The SMILES string of the molecule is CCOCCN(CCOCC)c1ccc(C#N)c(F)c1F. The summed E-state index contributed by atoms with van der Waals surface area (Å²) < 4.78 is 38.3. The molecule has 1 rings (SSSR count). The second-order valence-corrected chi connectivity index (χ2v) is 4.25. The molecule has 1 aromatic carbocycles. The monoisotopic (exact) mass is 298 g/mol. The summed E-state index contributed by atoms with van der Waals surface area (Å²) in [4.78, 5) is 1.66. The topological polar surface area (TPSA) is 45.5 Å². The van der Waals surface area contributed by atoms with Crippen LogP contribution in [0.3, 0.4) is 0 Å². The summed E-state index contributed by atoms with van der Waals surface area (Å²) in [6.07, 6.45) is 0. The lowest BCUT2D eigenvalue weighted by Gasteiger charge is -2.25. The van der Waals surface area contributed by atoms with Crippen LogP contribution < -0.4 is 4.90 Å². The number of nitrogens with zero attached hydrogens (tertiary/aromatic N) is 2. The first-order chi connectivity index (χ1) is 10.2. The van der Waals surface area contributed by atoms with Crippen LogP contribution in [-0.4, -0.2) is 39.5 Å².